The molecular formula is C23H30N6O. The average Bonchev–Trinajstić information content (AvgIpc) is 3.43. The van der Waals surface area contributed by atoms with Gasteiger partial charge in [-0.1, -0.05) is 24.3 Å². The number of benzene rings is 1. The third-order valence-corrected chi connectivity index (χ3v) is 6.40. The normalized spacial score (nSPS) is 19.5. The number of likely N-dealkylation sites (tertiary alicyclic amines) is 1. The molecule has 0 saturated carbocycles. The second-order valence-electron chi connectivity index (χ2n) is 8.78. The number of ketones is 1. The number of carbonyl (C=O) groups is 1. The molecule has 0 radical (unpaired) electrons. The van der Waals surface area contributed by atoms with Crippen molar-refractivity contribution in [3.8, 4) is 0 Å². The highest BCUT2D eigenvalue weighted by molar-refractivity contribution is 5.91. The molecule has 3 aliphatic rings. The van der Waals surface area contributed by atoms with E-state index in [0.717, 1.165) is 43.9 Å². The van der Waals surface area contributed by atoms with E-state index in [1.807, 2.05) is 0 Å². The summed E-state index contributed by atoms with van der Waals surface area (Å²) in [5.41, 5.74) is 9.59. The summed E-state index contributed by atoms with van der Waals surface area (Å²) in [5, 5.41) is 0. The predicted molar refractivity (Wildman–Crippen MR) is 119 cm³/mol. The molecule has 30 heavy (non-hydrogen) atoms. The Bertz CT molecular complexity index is 933. The fourth-order valence-corrected chi connectivity index (χ4v) is 4.88. The summed E-state index contributed by atoms with van der Waals surface area (Å²) in [4.78, 5) is 28.6. The van der Waals surface area contributed by atoms with Crippen LogP contribution in [-0.2, 0) is 24.3 Å². The number of nitrogens with two attached hydrogens (primary N) is 1. The molecule has 2 N–H and O–H groups in total. The van der Waals surface area contributed by atoms with Gasteiger partial charge in [0, 0.05) is 38.2 Å². The summed E-state index contributed by atoms with van der Waals surface area (Å²) in [5.74, 6) is 2.14. The summed E-state index contributed by atoms with van der Waals surface area (Å²) >= 11 is 0. The standard InChI is InChI=1S/C23H30N6O/c24-21-20-13-19(30)16-29(22(20)26-23(25-21)28-10-3-4-11-28)15-18-7-5-6-17(12-18)14-27-8-1-2-9-27/h5-7,12H,1-4,8-11,13-16H2,(H2,24,25,26). The van der Waals surface area contributed by atoms with Gasteiger partial charge in [0.15, 0.2) is 5.78 Å². The van der Waals surface area contributed by atoms with E-state index in [9.17, 15) is 4.79 Å². The molecule has 3 aliphatic heterocycles. The van der Waals surface area contributed by atoms with E-state index in [2.05, 4.69) is 43.9 Å². The van der Waals surface area contributed by atoms with Crippen LogP contribution in [0.3, 0.4) is 0 Å². The Morgan fingerprint density at radius 3 is 2.40 bits per heavy atom. The minimum absolute atomic E-state index is 0.167. The maximum absolute atomic E-state index is 12.4. The number of nitrogens with zero attached hydrogens (tertiary/aromatic N) is 5. The lowest BCUT2D eigenvalue weighted by molar-refractivity contribution is -0.117. The van der Waals surface area contributed by atoms with E-state index in [1.54, 1.807) is 0 Å². The summed E-state index contributed by atoms with van der Waals surface area (Å²) in [6.07, 6.45) is 5.24. The average molecular weight is 407 g/mol. The predicted octanol–water partition coefficient (Wildman–Crippen LogP) is 2.39. The summed E-state index contributed by atoms with van der Waals surface area (Å²) in [6, 6.07) is 8.72. The van der Waals surface area contributed by atoms with Gasteiger partial charge in [-0.25, -0.2) is 0 Å². The smallest absolute Gasteiger partial charge is 0.229 e. The van der Waals surface area contributed by atoms with Crippen molar-refractivity contribution in [2.45, 2.75) is 45.2 Å². The Morgan fingerprint density at radius 2 is 1.63 bits per heavy atom. The fraction of sp³-hybridized carbons (Fsp3) is 0.522. The van der Waals surface area contributed by atoms with E-state index >= 15 is 0 Å². The molecule has 4 heterocycles. The molecule has 0 aliphatic carbocycles. The number of Topliss-reactive ketones (excluding diaryl/α,β-unsaturated/α-hetero) is 1. The second kappa shape index (κ2) is 8.22. The van der Waals surface area contributed by atoms with Crippen molar-refractivity contribution in [1.82, 2.24) is 14.9 Å². The first-order valence-electron chi connectivity index (χ1n) is 11.1. The topological polar surface area (TPSA) is 78.6 Å². The Balaban J connectivity index is 1.40. The molecule has 2 aromatic rings. The number of anilines is 3. The summed E-state index contributed by atoms with van der Waals surface area (Å²) in [6.45, 7) is 6.34. The molecule has 2 fully saturated rings. The van der Waals surface area contributed by atoms with Crippen molar-refractivity contribution in [3.05, 3.63) is 41.0 Å². The van der Waals surface area contributed by atoms with Gasteiger partial charge in [-0.05, 0) is 49.9 Å². The van der Waals surface area contributed by atoms with Crippen LogP contribution in [0, 0.1) is 0 Å². The van der Waals surface area contributed by atoms with Gasteiger partial charge in [-0.3, -0.25) is 9.69 Å². The molecule has 1 aromatic carbocycles. The lowest BCUT2D eigenvalue weighted by Crippen LogP contribution is -2.37. The van der Waals surface area contributed by atoms with Crippen LogP contribution in [-0.4, -0.2) is 53.4 Å². The lowest BCUT2D eigenvalue weighted by atomic mass is 10.0. The molecule has 7 nitrogen and oxygen atoms in total. The van der Waals surface area contributed by atoms with Crippen molar-refractivity contribution < 1.29 is 4.79 Å². The number of rotatable bonds is 5. The Morgan fingerprint density at radius 1 is 0.933 bits per heavy atom. The Hall–Kier alpha value is -2.67. The molecule has 158 valence electrons. The van der Waals surface area contributed by atoms with Crippen molar-refractivity contribution >= 4 is 23.4 Å². The lowest BCUT2D eigenvalue weighted by Gasteiger charge is -2.31. The van der Waals surface area contributed by atoms with E-state index in [0.29, 0.717) is 31.3 Å². The zero-order valence-electron chi connectivity index (χ0n) is 17.5. The van der Waals surface area contributed by atoms with Crippen LogP contribution in [0.4, 0.5) is 17.6 Å². The number of hydrogen-bond acceptors (Lipinski definition) is 7. The third kappa shape index (κ3) is 3.99. The maximum Gasteiger partial charge on any atom is 0.229 e. The summed E-state index contributed by atoms with van der Waals surface area (Å²) < 4.78 is 0. The minimum atomic E-state index is 0.167. The number of carbonyl (C=O) groups excluding carboxylic acids is 1. The van der Waals surface area contributed by atoms with E-state index in [1.165, 1.54) is 37.1 Å². The zero-order chi connectivity index (χ0) is 20.5. The third-order valence-electron chi connectivity index (χ3n) is 6.40. The van der Waals surface area contributed by atoms with Crippen LogP contribution < -0.4 is 15.5 Å². The number of nitrogen functional groups attached to an aromatic ring is 1. The monoisotopic (exact) mass is 406 g/mol. The Labute approximate surface area is 177 Å². The van der Waals surface area contributed by atoms with E-state index < -0.39 is 0 Å². The number of hydrogen-bond donors (Lipinski definition) is 1. The van der Waals surface area contributed by atoms with Crippen molar-refractivity contribution in [3.63, 3.8) is 0 Å². The maximum atomic E-state index is 12.4. The molecule has 1 aromatic heterocycles. The SMILES string of the molecule is Nc1nc(N2CCCC2)nc2c1CC(=O)CN2Cc1cccc(CN2CCCC2)c1. The summed E-state index contributed by atoms with van der Waals surface area (Å²) in [7, 11) is 0. The van der Waals surface area contributed by atoms with Crippen molar-refractivity contribution in [2.24, 2.45) is 0 Å². The molecule has 0 amide bonds. The van der Waals surface area contributed by atoms with Gasteiger partial charge >= 0.3 is 0 Å². The van der Waals surface area contributed by atoms with E-state index in [4.69, 9.17) is 10.7 Å². The van der Waals surface area contributed by atoms with Gasteiger partial charge < -0.3 is 15.5 Å². The number of fused-ring (bicyclic) bond motifs is 1. The fourth-order valence-electron chi connectivity index (χ4n) is 4.88. The van der Waals surface area contributed by atoms with Gasteiger partial charge in [0.1, 0.15) is 11.6 Å². The van der Waals surface area contributed by atoms with Crippen LogP contribution in [0.2, 0.25) is 0 Å². The first kappa shape index (κ1) is 19.3. The van der Waals surface area contributed by atoms with Crippen molar-refractivity contribution in [1.29, 1.82) is 0 Å². The largest absolute Gasteiger partial charge is 0.383 e. The molecular weight excluding hydrogens is 376 g/mol. The zero-order valence-corrected chi connectivity index (χ0v) is 17.5. The van der Waals surface area contributed by atoms with Gasteiger partial charge in [-0.2, -0.15) is 9.97 Å². The van der Waals surface area contributed by atoms with Crippen LogP contribution in [0.5, 0.6) is 0 Å². The van der Waals surface area contributed by atoms with Crippen molar-refractivity contribution in [2.75, 3.05) is 48.3 Å². The van der Waals surface area contributed by atoms with Crippen LogP contribution >= 0.6 is 0 Å². The second-order valence-corrected chi connectivity index (χ2v) is 8.78. The highest BCUT2D eigenvalue weighted by Gasteiger charge is 2.29. The van der Waals surface area contributed by atoms with Crippen LogP contribution in [0.15, 0.2) is 24.3 Å². The molecule has 0 spiro atoms. The van der Waals surface area contributed by atoms with Crippen LogP contribution in [0.25, 0.3) is 0 Å². The van der Waals surface area contributed by atoms with Gasteiger partial charge in [0.25, 0.3) is 0 Å². The van der Waals surface area contributed by atoms with Gasteiger partial charge in [-0.15, -0.1) is 0 Å². The highest BCUT2D eigenvalue weighted by atomic mass is 16.1. The molecule has 7 heteroatoms. The molecule has 0 bridgehead atoms. The first-order chi connectivity index (χ1) is 14.7. The number of aromatic nitrogens is 2. The molecule has 5 rings (SSSR count). The molecule has 0 unspecified atom stereocenters. The minimum Gasteiger partial charge on any atom is -0.383 e. The quantitative estimate of drug-likeness (QED) is 0.817. The van der Waals surface area contributed by atoms with E-state index in [-0.39, 0.29) is 5.78 Å². The highest BCUT2D eigenvalue weighted by Crippen LogP contribution is 2.31. The van der Waals surface area contributed by atoms with Gasteiger partial charge in [0.05, 0.1) is 6.54 Å². The van der Waals surface area contributed by atoms with Crippen LogP contribution in [0.1, 0.15) is 42.4 Å². The Kier molecular flexibility index (Phi) is 5.29. The molecule has 2 saturated heterocycles. The first-order valence-corrected chi connectivity index (χ1v) is 11.1. The molecule has 0 atom stereocenters. The van der Waals surface area contributed by atoms with Gasteiger partial charge in [0.2, 0.25) is 5.95 Å².